The predicted molar refractivity (Wildman–Crippen MR) is 74.3 cm³/mol. The number of carboxylic acid groups (broad SMARTS) is 1. The van der Waals surface area contributed by atoms with Crippen LogP contribution in [0.3, 0.4) is 0 Å². The van der Waals surface area contributed by atoms with E-state index in [0.717, 1.165) is 0 Å². The van der Waals surface area contributed by atoms with Gasteiger partial charge in [-0.3, -0.25) is 4.79 Å². The summed E-state index contributed by atoms with van der Waals surface area (Å²) >= 11 is 3.16. The first-order valence-electron chi connectivity index (χ1n) is 5.62. The molecule has 4 N–H and O–H groups in total. The molecule has 1 aromatic rings. The Morgan fingerprint density at radius 3 is 2.65 bits per heavy atom. The van der Waals surface area contributed by atoms with Crippen LogP contribution in [0.4, 0.5) is 5.69 Å². The Morgan fingerprint density at radius 1 is 1.45 bits per heavy atom. The molecule has 0 spiro atoms. The van der Waals surface area contributed by atoms with Crippen molar-refractivity contribution in [1.82, 2.24) is 0 Å². The zero-order valence-corrected chi connectivity index (χ0v) is 12.1. The summed E-state index contributed by atoms with van der Waals surface area (Å²) in [7, 11) is 0. The van der Waals surface area contributed by atoms with Crippen molar-refractivity contribution in [2.24, 2.45) is 5.73 Å². The number of carbonyl (C=O) groups excluding carboxylic acids is 2. The second kappa shape index (κ2) is 7.01. The van der Waals surface area contributed by atoms with Gasteiger partial charge in [0.15, 0.2) is 6.04 Å². The molecule has 0 saturated heterocycles. The molecule has 0 fully saturated rings. The Kier molecular flexibility index (Phi) is 5.66. The Labute approximate surface area is 123 Å². The van der Waals surface area contributed by atoms with E-state index in [1.165, 1.54) is 18.2 Å². The number of benzene rings is 1. The van der Waals surface area contributed by atoms with Gasteiger partial charge >= 0.3 is 11.9 Å². The van der Waals surface area contributed by atoms with Gasteiger partial charge in [-0.2, -0.15) is 0 Å². The number of nitrogens with one attached hydrogen (secondary N) is 1. The molecule has 0 aromatic heterocycles. The summed E-state index contributed by atoms with van der Waals surface area (Å²) in [5.41, 5.74) is 5.34. The summed E-state index contributed by atoms with van der Waals surface area (Å²) in [6.45, 7) is 1.68. The first kappa shape index (κ1) is 16.1. The molecule has 1 rings (SSSR count). The Morgan fingerprint density at radius 2 is 2.10 bits per heavy atom. The van der Waals surface area contributed by atoms with E-state index in [-0.39, 0.29) is 17.9 Å². The van der Waals surface area contributed by atoms with Crippen molar-refractivity contribution in [1.29, 1.82) is 0 Å². The summed E-state index contributed by atoms with van der Waals surface area (Å²) in [4.78, 5) is 34.1. The maximum atomic E-state index is 11.8. The van der Waals surface area contributed by atoms with Gasteiger partial charge in [-0.25, -0.2) is 9.59 Å². The average Bonchev–Trinajstić information content (AvgIpc) is 2.37. The number of carbonyl (C=O) groups is 3. The van der Waals surface area contributed by atoms with Crippen molar-refractivity contribution in [3.63, 3.8) is 0 Å². The van der Waals surface area contributed by atoms with Crippen LogP contribution in [0, 0.1) is 0 Å². The van der Waals surface area contributed by atoms with E-state index in [1.807, 2.05) is 0 Å². The SMILES string of the molecule is CCOC(=O)C(N)C(=O)Nc1cc(Br)ccc1C(=O)O. The molecule has 0 saturated carbocycles. The molecule has 108 valence electrons. The highest BCUT2D eigenvalue weighted by Gasteiger charge is 2.24. The number of rotatable bonds is 5. The molecular formula is C12H13BrN2O5. The largest absolute Gasteiger partial charge is 0.478 e. The number of halogens is 1. The van der Waals surface area contributed by atoms with Gasteiger partial charge in [0, 0.05) is 4.47 Å². The first-order chi connectivity index (χ1) is 9.36. The van der Waals surface area contributed by atoms with E-state index in [2.05, 4.69) is 26.0 Å². The highest BCUT2D eigenvalue weighted by molar-refractivity contribution is 9.10. The smallest absolute Gasteiger partial charge is 0.337 e. The molecule has 1 aromatic carbocycles. The van der Waals surface area contributed by atoms with E-state index < -0.39 is 23.9 Å². The number of anilines is 1. The summed E-state index contributed by atoms with van der Waals surface area (Å²) < 4.78 is 5.19. The second-order valence-electron chi connectivity index (χ2n) is 3.71. The van der Waals surface area contributed by atoms with Crippen molar-refractivity contribution in [3.8, 4) is 0 Å². The lowest BCUT2D eigenvalue weighted by Crippen LogP contribution is -2.43. The van der Waals surface area contributed by atoms with Crippen LogP contribution in [0.15, 0.2) is 22.7 Å². The fraction of sp³-hybridized carbons (Fsp3) is 0.250. The monoisotopic (exact) mass is 344 g/mol. The van der Waals surface area contributed by atoms with Crippen LogP contribution >= 0.6 is 15.9 Å². The van der Waals surface area contributed by atoms with Crippen LogP contribution in [0.25, 0.3) is 0 Å². The molecule has 7 nitrogen and oxygen atoms in total. The maximum Gasteiger partial charge on any atom is 0.337 e. The van der Waals surface area contributed by atoms with Crippen LogP contribution < -0.4 is 11.1 Å². The molecule has 20 heavy (non-hydrogen) atoms. The molecule has 0 aliphatic rings. The summed E-state index contributed by atoms with van der Waals surface area (Å²) in [6, 6.07) is 2.72. The van der Waals surface area contributed by atoms with Crippen molar-refractivity contribution in [2.45, 2.75) is 13.0 Å². The highest BCUT2D eigenvalue weighted by Crippen LogP contribution is 2.21. The number of esters is 1. The standard InChI is InChI=1S/C12H13BrN2O5/c1-2-20-12(19)9(14)10(16)15-8-5-6(13)3-4-7(8)11(17)18/h3-5,9H,2,14H2,1H3,(H,15,16)(H,17,18). The Bertz CT molecular complexity index is 547. The molecule has 0 aliphatic heterocycles. The number of hydrogen-bond donors (Lipinski definition) is 3. The van der Waals surface area contributed by atoms with E-state index in [4.69, 9.17) is 10.8 Å². The molecular weight excluding hydrogens is 332 g/mol. The van der Waals surface area contributed by atoms with Crippen LogP contribution in [0.5, 0.6) is 0 Å². The molecule has 0 bridgehead atoms. The van der Waals surface area contributed by atoms with Crippen molar-refractivity contribution in [2.75, 3.05) is 11.9 Å². The first-order valence-corrected chi connectivity index (χ1v) is 6.42. The van der Waals surface area contributed by atoms with Gasteiger partial charge in [0.05, 0.1) is 17.9 Å². The number of nitrogens with two attached hydrogens (primary N) is 1. The molecule has 0 heterocycles. The van der Waals surface area contributed by atoms with E-state index in [9.17, 15) is 14.4 Å². The average molecular weight is 345 g/mol. The van der Waals surface area contributed by atoms with E-state index >= 15 is 0 Å². The maximum absolute atomic E-state index is 11.8. The van der Waals surface area contributed by atoms with Crippen LogP contribution in [0.1, 0.15) is 17.3 Å². The highest BCUT2D eigenvalue weighted by atomic mass is 79.9. The predicted octanol–water partition coefficient (Wildman–Crippen LogP) is 0.976. The topological polar surface area (TPSA) is 119 Å². The van der Waals surface area contributed by atoms with Crippen molar-refractivity contribution < 1.29 is 24.2 Å². The number of ether oxygens (including phenoxy) is 1. The quantitative estimate of drug-likeness (QED) is 0.541. The van der Waals surface area contributed by atoms with E-state index in [0.29, 0.717) is 4.47 Å². The van der Waals surface area contributed by atoms with Gasteiger partial charge in [-0.15, -0.1) is 0 Å². The van der Waals surface area contributed by atoms with Gasteiger partial charge in [0.1, 0.15) is 0 Å². The fourth-order valence-corrected chi connectivity index (χ4v) is 1.72. The fourth-order valence-electron chi connectivity index (χ4n) is 1.36. The molecule has 1 unspecified atom stereocenters. The normalized spacial score (nSPS) is 11.6. The lowest BCUT2D eigenvalue weighted by Gasteiger charge is -2.13. The number of amides is 1. The van der Waals surface area contributed by atoms with Crippen LogP contribution in [0.2, 0.25) is 0 Å². The molecule has 1 amide bonds. The third kappa shape index (κ3) is 4.04. The van der Waals surface area contributed by atoms with Crippen molar-refractivity contribution in [3.05, 3.63) is 28.2 Å². The molecule has 0 radical (unpaired) electrons. The summed E-state index contributed by atoms with van der Waals surface area (Å²) in [6.07, 6.45) is 0. The second-order valence-corrected chi connectivity index (χ2v) is 4.63. The number of carboxylic acids is 1. The number of hydrogen-bond acceptors (Lipinski definition) is 5. The molecule has 8 heteroatoms. The molecule has 1 atom stereocenters. The molecule has 0 aliphatic carbocycles. The van der Waals surface area contributed by atoms with Crippen LogP contribution in [-0.2, 0) is 14.3 Å². The Hall–Kier alpha value is -1.93. The van der Waals surface area contributed by atoms with Gasteiger partial charge in [0.2, 0.25) is 0 Å². The lowest BCUT2D eigenvalue weighted by molar-refractivity contribution is -0.146. The third-order valence-corrected chi connectivity index (χ3v) is 2.79. The summed E-state index contributed by atoms with van der Waals surface area (Å²) in [5, 5.41) is 11.3. The number of aromatic carboxylic acids is 1. The van der Waals surface area contributed by atoms with Gasteiger partial charge in [-0.1, -0.05) is 15.9 Å². The summed E-state index contributed by atoms with van der Waals surface area (Å²) in [5.74, 6) is -2.93. The van der Waals surface area contributed by atoms with Gasteiger partial charge < -0.3 is 20.9 Å². The minimum Gasteiger partial charge on any atom is -0.478 e. The van der Waals surface area contributed by atoms with E-state index in [1.54, 1.807) is 6.92 Å². The minimum absolute atomic E-state index is 0.0385. The lowest BCUT2D eigenvalue weighted by atomic mass is 10.1. The van der Waals surface area contributed by atoms with Gasteiger partial charge in [0.25, 0.3) is 5.91 Å². The van der Waals surface area contributed by atoms with Crippen LogP contribution in [-0.4, -0.2) is 35.6 Å². The van der Waals surface area contributed by atoms with Crippen molar-refractivity contribution >= 4 is 39.5 Å². The minimum atomic E-state index is -1.52. The van der Waals surface area contributed by atoms with Gasteiger partial charge in [-0.05, 0) is 25.1 Å². The Balaban J connectivity index is 2.92. The zero-order chi connectivity index (χ0) is 15.3. The third-order valence-electron chi connectivity index (χ3n) is 2.29. The zero-order valence-electron chi connectivity index (χ0n) is 10.6.